The van der Waals surface area contributed by atoms with E-state index < -0.39 is 24.8 Å². The van der Waals surface area contributed by atoms with Gasteiger partial charge in [-0.25, -0.2) is 0 Å². The molecule has 0 unspecified atom stereocenters. The Balaban J connectivity index is 0.00000338. The van der Waals surface area contributed by atoms with Gasteiger partial charge < -0.3 is 15.2 Å². The zero-order chi connectivity index (χ0) is 18.3. The lowest BCUT2D eigenvalue weighted by molar-refractivity contribution is -0.187. The van der Waals surface area contributed by atoms with Crippen molar-refractivity contribution in [1.82, 2.24) is 0 Å². The van der Waals surface area contributed by atoms with Crippen molar-refractivity contribution in [2.45, 2.75) is 25.2 Å². The van der Waals surface area contributed by atoms with Crippen molar-refractivity contribution in [3.05, 3.63) is 65.7 Å². The van der Waals surface area contributed by atoms with Crippen LogP contribution in [0, 0.1) is 0 Å². The van der Waals surface area contributed by atoms with Crippen molar-refractivity contribution in [3.8, 4) is 5.75 Å². The highest BCUT2D eigenvalue weighted by atomic mass is 35.5. The Morgan fingerprint density at radius 3 is 2.35 bits per heavy atom. The van der Waals surface area contributed by atoms with E-state index >= 15 is 0 Å². The van der Waals surface area contributed by atoms with Gasteiger partial charge in [-0.3, -0.25) is 4.79 Å². The number of hydrogen-bond acceptors (Lipinski definition) is 4. The maximum Gasteiger partial charge on any atom is 0.422 e. The first kappa shape index (κ1) is 21.8. The van der Waals surface area contributed by atoms with Crippen molar-refractivity contribution in [1.29, 1.82) is 0 Å². The molecule has 0 radical (unpaired) electrons. The number of nitrogens with two attached hydrogens (primary N) is 1. The van der Waals surface area contributed by atoms with Gasteiger partial charge in [0.2, 0.25) is 0 Å². The summed E-state index contributed by atoms with van der Waals surface area (Å²) < 4.78 is 46.0. The molecule has 0 aliphatic carbocycles. The Morgan fingerprint density at radius 2 is 1.69 bits per heavy atom. The van der Waals surface area contributed by atoms with Crippen LogP contribution in [0.25, 0.3) is 0 Å². The highest BCUT2D eigenvalue weighted by Crippen LogP contribution is 2.17. The number of alkyl halides is 3. The molecule has 0 amide bonds. The zero-order valence-corrected chi connectivity index (χ0v) is 14.6. The summed E-state index contributed by atoms with van der Waals surface area (Å²) in [5.74, 6) is -0.509. The van der Waals surface area contributed by atoms with Gasteiger partial charge in [-0.15, -0.1) is 12.4 Å². The molecule has 2 aromatic carbocycles. The molecule has 0 saturated heterocycles. The first-order valence-electron chi connectivity index (χ1n) is 7.58. The molecule has 0 saturated carbocycles. The van der Waals surface area contributed by atoms with E-state index in [0.717, 1.165) is 5.56 Å². The Labute approximate surface area is 155 Å². The van der Waals surface area contributed by atoms with Crippen LogP contribution in [0.15, 0.2) is 54.6 Å². The van der Waals surface area contributed by atoms with Gasteiger partial charge in [0.25, 0.3) is 0 Å². The van der Waals surface area contributed by atoms with Crippen molar-refractivity contribution in [2.24, 2.45) is 5.73 Å². The minimum atomic E-state index is -4.57. The number of carbonyl (C=O) groups is 1. The van der Waals surface area contributed by atoms with E-state index in [4.69, 9.17) is 10.5 Å². The summed E-state index contributed by atoms with van der Waals surface area (Å²) in [5.41, 5.74) is 7.28. The number of ether oxygens (including phenoxy) is 2. The lowest BCUT2D eigenvalue weighted by Gasteiger charge is -2.13. The fourth-order valence-corrected chi connectivity index (χ4v) is 2.10. The van der Waals surface area contributed by atoms with Crippen molar-refractivity contribution in [3.63, 3.8) is 0 Å². The monoisotopic (exact) mass is 389 g/mol. The number of rotatable bonds is 7. The summed E-state index contributed by atoms with van der Waals surface area (Å²) in [6.07, 6.45) is -4.51. The second-order valence-corrected chi connectivity index (χ2v) is 5.46. The predicted molar refractivity (Wildman–Crippen MR) is 93.2 cm³/mol. The van der Waals surface area contributed by atoms with E-state index in [1.165, 1.54) is 0 Å². The molecule has 2 N–H and O–H groups in total. The minimum absolute atomic E-state index is 0. The van der Waals surface area contributed by atoms with Gasteiger partial charge in [0, 0.05) is 0 Å². The topological polar surface area (TPSA) is 61.5 Å². The second kappa shape index (κ2) is 10.0. The van der Waals surface area contributed by atoms with Gasteiger partial charge in [0.1, 0.15) is 18.4 Å². The van der Waals surface area contributed by atoms with Gasteiger partial charge in [-0.05, 0) is 29.7 Å². The molecule has 4 nitrogen and oxygen atoms in total. The van der Waals surface area contributed by atoms with Crippen LogP contribution in [0.4, 0.5) is 13.2 Å². The molecule has 0 aliphatic heterocycles. The maximum atomic E-state index is 12.0. The Hall–Kier alpha value is -2.25. The van der Waals surface area contributed by atoms with E-state index in [1.807, 2.05) is 30.3 Å². The predicted octanol–water partition coefficient (Wildman–Crippen LogP) is 3.66. The van der Waals surface area contributed by atoms with E-state index in [2.05, 4.69) is 4.74 Å². The molecule has 1 atom stereocenters. The average Bonchev–Trinajstić information content (AvgIpc) is 2.58. The number of hydrogen-bond donors (Lipinski definition) is 1. The first-order chi connectivity index (χ1) is 11.8. The van der Waals surface area contributed by atoms with E-state index in [9.17, 15) is 18.0 Å². The third-order valence-corrected chi connectivity index (χ3v) is 3.28. The molecule has 0 aromatic heterocycles. The highest BCUT2D eigenvalue weighted by molar-refractivity contribution is 5.85. The summed E-state index contributed by atoms with van der Waals surface area (Å²) in [7, 11) is 0. The summed E-state index contributed by atoms with van der Waals surface area (Å²) in [6.45, 7) is -1.26. The third-order valence-electron chi connectivity index (χ3n) is 3.28. The lowest BCUT2D eigenvalue weighted by atomic mass is 10.1. The molecule has 26 heavy (non-hydrogen) atoms. The van der Waals surface area contributed by atoms with Gasteiger partial charge in [-0.1, -0.05) is 42.5 Å². The molecule has 2 aromatic rings. The number of halogens is 4. The minimum Gasteiger partial charge on any atom is -0.489 e. The summed E-state index contributed by atoms with van der Waals surface area (Å²) in [6, 6.07) is 15.3. The second-order valence-electron chi connectivity index (χ2n) is 5.46. The van der Waals surface area contributed by atoms with Gasteiger partial charge in [0.15, 0.2) is 6.61 Å². The zero-order valence-electron chi connectivity index (χ0n) is 13.7. The van der Waals surface area contributed by atoms with Crippen molar-refractivity contribution >= 4 is 18.4 Å². The molecule has 2 rings (SSSR count). The van der Waals surface area contributed by atoms with Gasteiger partial charge in [-0.2, -0.15) is 13.2 Å². The molecular weight excluding hydrogens is 371 g/mol. The number of benzene rings is 2. The Kier molecular flexibility index (Phi) is 8.41. The largest absolute Gasteiger partial charge is 0.489 e. The highest BCUT2D eigenvalue weighted by Gasteiger charge is 2.30. The summed E-state index contributed by atoms with van der Waals surface area (Å²) in [5, 5.41) is 0. The first-order valence-corrected chi connectivity index (χ1v) is 7.58. The summed E-state index contributed by atoms with van der Waals surface area (Å²) >= 11 is 0. The summed E-state index contributed by atoms with van der Waals surface area (Å²) in [4.78, 5) is 11.5. The maximum absolute atomic E-state index is 12.0. The van der Waals surface area contributed by atoms with Crippen LogP contribution in [-0.2, 0) is 22.6 Å². The average molecular weight is 390 g/mol. The number of esters is 1. The van der Waals surface area contributed by atoms with Gasteiger partial charge in [0.05, 0.1) is 0 Å². The molecule has 0 aliphatic rings. The van der Waals surface area contributed by atoms with E-state index in [1.54, 1.807) is 24.3 Å². The fraction of sp³-hybridized carbons (Fsp3) is 0.278. The standard InChI is InChI=1S/C18H18F3NO3.ClH/c19-18(20,21)12-25-17(23)16(22)10-14-7-4-8-15(9-14)24-11-13-5-2-1-3-6-13;/h1-9,16H,10-12,22H2;1H/t16-;/m0./s1. The van der Waals surface area contributed by atoms with Crippen LogP contribution in [0.1, 0.15) is 11.1 Å². The molecule has 0 fully saturated rings. The molecule has 0 spiro atoms. The SMILES string of the molecule is Cl.N[C@@H](Cc1cccc(OCc2ccccc2)c1)C(=O)OCC(F)(F)F. The van der Waals surface area contributed by atoms with Crippen LogP contribution in [-0.4, -0.2) is 24.8 Å². The smallest absolute Gasteiger partial charge is 0.422 e. The fourth-order valence-electron chi connectivity index (χ4n) is 2.10. The van der Waals surface area contributed by atoms with Crippen molar-refractivity contribution in [2.75, 3.05) is 6.61 Å². The molecule has 0 bridgehead atoms. The Morgan fingerprint density at radius 1 is 1.04 bits per heavy atom. The van der Waals surface area contributed by atoms with Crippen LogP contribution in [0.2, 0.25) is 0 Å². The van der Waals surface area contributed by atoms with Gasteiger partial charge >= 0.3 is 12.1 Å². The van der Waals surface area contributed by atoms with Crippen LogP contribution < -0.4 is 10.5 Å². The quantitative estimate of drug-likeness (QED) is 0.734. The van der Waals surface area contributed by atoms with Crippen LogP contribution in [0.3, 0.4) is 0 Å². The molecule has 8 heteroatoms. The van der Waals surface area contributed by atoms with Crippen LogP contribution >= 0.6 is 12.4 Å². The molecule has 0 heterocycles. The third kappa shape index (κ3) is 7.76. The molecular formula is C18H19ClF3NO3. The van der Waals surface area contributed by atoms with Crippen molar-refractivity contribution < 1.29 is 27.4 Å². The Bertz CT molecular complexity index is 696. The normalized spacial score (nSPS) is 12.0. The van der Waals surface area contributed by atoms with E-state index in [-0.39, 0.29) is 18.8 Å². The number of carbonyl (C=O) groups excluding carboxylic acids is 1. The molecule has 142 valence electrons. The van der Waals surface area contributed by atoms with E-state index in [0.29, 0.717) is 17.9 Å². The van der Waals surface area contributed by atoms with Crippen LogP contribution in [0.5, 0.6) is 5.75 Å². The lowest BCUT2D eigenvalue weighted by Crippen LogP contribution is -2.36.